The van der Waals surface area contributed by atoms with Crippen LogP contribution in [0.4, 0.5) is 0 Å². The summed E-state index contributed by atoms with van der Waals surface area (Å²) in [5, 5.41) is 37.5. The topological polar surface area (TPSA) is 143 Å². The molecule has 0 bridgehead atoms. The van der Waals surface area contributed by atoms with E-state index in [4.69, 9.17) is 71.0 Å². The zero-order chi connectivity index (χ0) is 12.0. The summed E-state index contributed by atoms with van der Waals surface area (Å²) in [5.41, 5.74) is 0. The van der Waals surface area contributed by atoms with Crippen LogP contribution in [-0.4, -0.2) is 0 Å². The minimum atomic E-state index is 0. The largest absolute Gasteiger partial charge is 3.00 e. The minimum Gasteiger partial charge on any atom is -0.512 e. The molecule has 0 amide bonds. The summed E-state index contributed by atoms with van der Waals surface area (Å²) in [6, 6.07) is 0. The molecule has 0 aromatic carbocycles. The molecule has 65 valence electrons. The van der Waals surface area contributed by atoms with E-state index in [0.29, 0.717) is 0 Å². The van der Waals surface area contributed by atoms with Crippen molar-refractivity contribution in [1.82, 2.24) is 0 Å². The summed E-state index contributed by atoms with van der Waals surface area (Å²) in [5.74, 6) is 0. The maximum atomic E-state index is 6.25. The van der Waals surface area contributed by atoms with Crippen LogP contribution in [0.2, 0.25) is 0 Å². The van der Waals surface area contributed by atoms with Crippen LogP contribution in [0.5, 0.6) is 0 Å². The zero-order valence-electron chi connectivity index (χ0n) is 9.04. The molecule has 0 fully saturated rings. The summed E-state index contributed by atoms with van der Waals surface area (Å²) in [4.78, 5) is 0. The van der Waals surface area contributed by atoms with Crippen LogP contribution in [0.15, 0.2) is 0 Å². The van der Waals surface area contributed by atoms with Crippen molar-refractivity contribution in [1.29, 1.82) is 31.6 Å². The Kier molecular flexibility index (Phi) is 4100. The molecule has 0 spiro atoms. The molecule has 0 aliphatic heterocycles. The van der Waals surface area contributed by atoms with Crippen LogP contribution in [0.3, 0.4) is 0 Å². The van der Waals surface area contributed by atoms with Gasteiger partial charge in [-0.25, -0.2) is 0 Å². The molecule has 16 heavy (non-hydrogen) atoms. The van der Waals surface area contributed by atoms with E-state index < -0.39 is 0 Å². The fourth-order valence-electron chi connectivity index (χ4n) is 0. The van der Waals surface area contributed by atoms with E-state index in [1.165, 1.54) is 0 Å². The first-order valence-corrected chi connectivity index (χ1v) is 1.34. The predicted octanol–water partition coefficient (Wildman–Crippen LogP) is -8.41. The van der Waals surface area contributed by atoms with Crippen molar-refractivity contribution in [2.75, 3.05) is 0 Å². The van der Waals surface area contributed by atoms with Gasteiger partial charge in [-0.05, 0) is 0 Å². The summed E-state index contributed by atoms with van der Waals surface area (Å²) in [7, 11) is 0. The first-order valence-electron chi connectivity index (χ1n) is 1.34. The molecule has 0 rings (SSSR count). The van der Waals surface area contributed by atoms with Crippen LogP contribution in [0.25, 0.3) is 0 Å². The molecule has 6 nitrogen and oxygen atoms in total. The van der Waals surface area contributed by atoms with Crippen molar-refractivity contribution >= 4 is 0 Å². The first kappa shape index (κ1) is 79.1. The molecule has 0 unspecified atom stereocenters. The molecule has 0 aromatic rings. The van der Waals surface area contributed by atoms with Gasteiger partial charge in [0.1, 0.15) is 0 Å². The fourth-order valence-corrected chi connectivity index (χ4v) is 0. The van der Waals surface area contributed by atoms with Gasteiger partial charge in [-0.15, -0.1) is 0 Å². The van der Waals surface area contributed by atoms with E-state index in [1.54, 1.807) is 0 Å². The Morgan fingerprint density at radius 3 is 0.312 bits per heavy atom. The average Bonchev–Trinajstić information content (AvgIpc) is 2.33. The van der Waals surface area contributed by atoms with Crippen LogP contribution in [-0.2, 0) is 17.1 Å². The number of hydrogen-bond donors (Lipinski definition) is 0. The van der Waals surface area contributed by atoms with Gasteiger partial charge in [-0.2, -0.15) is 0 Å². The molecule has 1 radical (unpaired) electrons. The summed E-state index contributed by atoms with van der Waals surface area (Å²) < 4.78 is 0. The summed E-state index contributed by atoms with van der Waals surface area (Å²) >= 11 is 0. The summed E-state index contributed by atoms with van der Waals surface area (Å²) in [6.07, 6.45) is 0. The van der Waals surface area contributed by atoms with Crippen molar-refractivity contribution in [2.24, 2.45) is 0 Å². The van der Waals surface area contributed by atoms with E-state index >= 15 is 0 Å². The quantitative estimate of drug-likeness (QED) is 0.319. The van der Waals surface area contributed by atoms with E-state index in [0.717, 1.165) is 0 Å². The third kappa shape index (κ3) is 689. The Labute approximate surface area is 235 Å². The molecule has 0 aliphatic rings. The Morgan fingerprint density at radius 2 is 0.312 bits per heavy atom. The van der Waals surface area contributed by atoms with E-state index in [1.807, 2.05) is 0 Å². The second kappa shape index (κ2) is 829. The Morgan fingerprint density at radius 1 is 0.312 bits per heavy atom. The van der Waals surface area contributed by atoms with E-state index in [2.05, 4.69) is 0 Å². The third-order valence-corrected chi connectivity index (χ3v) is 0. The first-order chi connectivity index (χ1) is 6.00. The molecule has 0 atom stereocenters. The maximum Gasteiger partial charge on any atom is 3.00 e. The van der Waals surface area contributed by atoms with Crippen molar-refractivity contribution in [2.45, 2.75) is 0 Å². The van der Waals surface area contributed by atoms with Gasteiger partial charge in [0.25, 0.3) is 0 Å². The standard InChI is InChI=1S/6CN.Fe.3K/c6*1-2;;;;/q6*-1;+3;3*+1. The van der Waals surface area contributed by atoms with Crippen LogP contribution < -0.4 is 154 Å². The summed E-state index contributed by atoms with van der Waals surface area (Å²) in [6.45, 7) is 28.5. The van der Waals surface area contributed by atoms with Crippen molar-refractivity contribution < 1.29 is 171 Å². The van der Waals surface area contributed by atoms with Crippen LogP contribution >= 0.6 is 0 Å². The van der Waals surface area contributed by atoms with Gasteiger partial charge < -0.3 is 71.0 Å². The number of nitrogens with zero attached hydrogens (tertiary/aromatic N) is 6. The average molecular weight is 329 g/mol. The fraction of sp³-hybridized carbons (Fsp3) is 0. The predicted molar refractivity (Wildman–Crippen MR) is 29.8 cm³/mol. The molecular formula is C6FeK3N6. The molecule has 0 aliphatic carbocycles. The SMILES string of the molecule is [C-]#N.[C-]#N.[C-]#N.[C-]#N.[C-]#N.[C-]#N.[Fe+3].[K+].[K+].[K+]. The minimum absolute atomic E-state index is 0. The molecule has 0 saturated carbocycles. The van der Waals surface area contributed by atoms with Crippen molar-refractivity contribution in [3.05, 3.63) is 39.4 Å². The van der Waals surface area contributed by atoms with Crippen LogP contribution in [0.1, 0.15) is 0 Å². The molecular weight excluding hydrogens is 329 g/mol. The second-order valence-corrected chi connectivity index (χ2v) is 0. The smallest absolute Gasteiger partial charge is 0.512 e. The van der Waals surface area contributed by atoms with Gasteiger partial charge in [-0.1, -0.05) is 0 Å². The number of rotatable bonds is 0. The van der Waals surface area contributed by atoms with E-state index in [-0.39, 0.29) is 171 Å². The zero-order valence-corrected chi connectivity index (χ0v) is 19.5. The Hall–Kier alpha value is 2.37. The second-order valence-electron chi connectivity index (χ2n) is 0. The van der Waals surface area contributed by atoms with Gasteiger partial charge in [0, 0.05) is 0 Å². The number of hydrogen-bond acceptors (Lipinski definition) is 6. The Bertz CT molecular complexity index is 103. The molecule has 0 saturated heterocycles. The van der Waals surface area contributed by atoms with Crippen LogP contribution in [0, 0.1) is 71.0 Å². The molecule has 0 heterocycles. The molecule has 0 aromatic heterocycles. The van der Waals surface area contributed by atoms with Crippen molar-refractivity contribution in [3.63, 3.8) is 0 Å². The van der Waals surface area contributed by atoms with E-state index in [9.17, 15) is 0 Å². The van der Waals surface area contributed by atoms with Gasteiger partial charge in [0.15, 0.2) is 0 Å². The van der Waals surface area contributed by atoms with Gasteiger partial charge >= 0.3 is 171 Å². The molecule has 10 heteroatoms. The van der Waals surface area contributed by atoms with Gasteiger partial charge in [0.05, 0.1) is 0 Å². The third-order valence-electron chi connectivity index (χ3n) is 0. The van der Waals surface area contributed by atoms with Crippen molar-refractivity contribution in [3.8, 4) is 0 Å². The Balaban J connectivity index is -0.00000000321. The maximum absolute atomic E-state index is 6.25. The molecule has 0 N–H and O–H groups in total. The monoisotopic (exact) mass is 329 g/mol. The van der Waals surface area contributed by atoms with Gasteiger partial charge in [0.2, 0.25) is 0 Å². The van der Waals surface area contributed by atoms with Gasteiger partial charge in [-0.3, -0.25) is 0 Å². The normalized spacial score (nSPS) is 0.750.